The van der Waals surface area contributed by atoms with Crippen molar-refractivity contribution in [1.29, 1.82) is 0 Å². The number of anilines is 1. The number of aromatic hydroxyl groups is 1. The van der Waals surface area contributed by atoms with Crippen LogP contribution >= 0.6 is 0 Å². The summed E-state index contributed by atoms with van der Waals surface area (Å²) in [6.45, 7) is 1.26. The Balaban J connectivity index is 2.12. The number of fused-ring (bicyclic) bond motifs is 1. The highest BCUT2D eigenvalue weighted by molar-refractivity contribution is 6.04. The van der Waals surface area contributed by atoms with E-state index in [0.29, 0.717) is 11.8 Å². The summed E-state index contributed by atoms with van der Waals surface area (Å²) >= 11 is 0. The minimum absolute atomic E-state index is 0.00356. The normalized spacial score (nSPS) is 10.7. The summed E-state index contributed by atoms with van der Waals surface area (Å²) in [5.41, 5.74) is 0.983. The lowest BCUT2D eigenvalue weighted by molar-refractivity contribution is -0.114. The first-order chi connectivity index (χ1) is 12.3. The fourth-order valence-electron chi connectivity index (χ4n) is 2.56. The molecule has 3 rings (SSSR count). The Kier molecular flexibility index (Phi) is 4.49. The summed E-state index contributed by atoms with van der Waals surface area (Å²) in [5, 5.41) is 22.1. The number of carbonyl (C=O) groups is 2. The molecule has 26 heavy (non-hydrogen) atoms. The first-order valence-corrected chi connectivity index (χ1v) is 7.62. The predicted octanol–water partition coefficient (Wildman–Crippen LogP) is 2.72. The molecular formula is C18H14FN3O4. The van der Waals surface area contributed by atoms with Crippen molar-refractivity contribution in [3.8, 4) is 5.75 Å². The lowest BCUT2D eigenvalue weighted by Crippen LogP contribution is -2.11. The molecule has 0 saturated heterocycles. The van der Waals surface area contributed by atoms with Gasteiger partial charge < -0.3 is 15.5 Å². The van der Waals surface area contributed by atoms with Crippen molar-refractivity contribution >= 4 is 28.6 Å². The van der Waals surface area contributed by atoms with Crippen LogP contribution in [-0.2, 0) is 11.2 Å². The van der Waals surface area contributed by atoms with Crippen LogP contribution in [0.2, 0.25) is 0 Å². The number of benzene rings is 1. The second-order valence-corrected chi connectivity index (χ2v) is 5.69. The smallest absolute Gasteiger partial charge is 0.358 e. The first-order valence-electron chi connectivity index (χ1n) is 7.62. The zero-order valence-electron chi connectivity index (χ0n) is 13.7. The molecule has 7 nitrogen and oxygen atoms in total. The second-order valence-electron chi connectivity index (χ2n) is 5.69. The number of pyridine rings is 2. The molecule has 0 atom stereocenters. The summed E-state index contributed by atoms with van der Waals surface area (Å²) in [6.07, 6.45) is 1.92. The minimum atomic E-state index is -1.44. The molecule has 1 aromatic carbocycles. The number of hydrogen-bond donors (Lipinski definition) is 3. The maximum absolute atomic E-state index is 13.0. The summed E-state index contributed by atoms with van der Waals surface area (Å²) in [7, 11) is 0. The number of aromatic nitrogens is 2. The number of carboxylic acids is 1. The Bertz CT molecular complexity index is 1020. The second kappa shape index (κ2) is 6.75. The van der Waals surface area contributed by atoms with E-state index in [1.165, 1.54) is 25.3 Å². The van der Waals surface area contributed by atoms with Crippen LogP contribution in [0, 0.1) is 5.82 Å². The van der Waals surface area contributed by atoms with Gasteiger partial charge in [-0.05, 0) is 35.7 Å². The molecular weight excluding hydrogens is 341 g/mol. The third-order valence-corrected chi connectivity index (χ3v) is 3.69. The van der Waals surface area contributed by atoms with Gasteiger partial charge in [-0.2, -0.15) is 0 Å². The molecule has 3 N–H and O–H groups in total. The molecule has 0 aliphatic rings. The van der Waals surface area contributed by atoms with Crippen LogP contribution in [0.5, 0.6) is 5.75 Å². The average Bonchev–Trinajstić information content (AvgIpc) is 2.59. The van der Waals surface area contributed by atoms with E-state index in [1.807, 2.05) is 0 Å². The molecule has 1 amide bonds. The maximum Gasteiger partial charge on any atom is 0.358 e. The van der Waals surface area contributed by atoms with Gasteiger partial charge in [-0.1, -0.05) is 12.1 Å². The third-order valence-electron chi connectivity index (χ3n) is 3.69. The lowest BCUT2D eigenvalue weighted by Gasteiger charge is -2.11. The summed E-state index contributed by atoms with van der Waals surface area (Å²) in [6, 6.07) is 7.61. The highest BCUT2D eigenvalue weighted by Gasteiger charge is 2.20. The number of carbonyl (C=O) groups excluding carboxylic acids is 1. The molecule has 0 fully saturated rings. The molecule has 132 valence electrons. The lowest BCUT2D eigenvalue weighted by atomic mass is 10.0. The Morgan fingerprint density at radius 2 is 1.88 bits per heavy atom. The monoisotopic (exact) mass is 355 g/mol. The standard InChI is InChI=1S/C18H14FN3O4/c1-9(23)21-17-13-7-11(6-10-2-4-12(19)5-3-10)8-20-14(13)16(24)15(22-17)18(25)26/h2-5,7-8,24H,6H2,1H3,(H,25,26)(H,21,22,23). The summed E-state index contributed by atoms with van der Waals surface area (Å²) in [5.74, 6) is -2.79. The number of rotatable bonds is 4. The number of nitrogens with one attached hydrogen (secondary N) is 1. The van der Waals surface area contributed by atoms with Gasteiger partial charge in [-0.15, -0.1) is 0 Å². The van der Waals surface area contributed by atoms with E-state index in [1.54, 1.807) is 18.2 Å². The molecule has 0 spiro atoms. The van der Waals surface area contributed by atoms with Gasteiger partial charge in [0.15, 0.2) is 11.4 Å². The first kappa shape index (κ1) is 17.3. The van der Waals surface area contributed by atoms with Crippen molar-refractivity contribution in [2.24, 2.45) is 0 Å². The van der Waals surface area contributed by atoms with Gasteiger partial charge in [0.05, 0.1) is 0 Å². The minimum Gasteiger partial charge on any atom is -0.504 e. The van der Waals surface area contributed by atoms with Crippen molar-refractivity contribution < 1.29 is 24.2 Å². The summed E-state index contributed by atoms with van der Waals surface area (Å²) in [4.78, 5) is 30.6. The SMILES string of the molecule is CC(=O)Nc1nc(C(=O)O)c(O)c2ncc(Cc3ccc(F)cc3)cc12. The Morgan fingerprint density at radius 1 is 1.19 bits per heavy atom. The van der Waals surface area contributed by atoms with Gasteiger partial charge in [0, 0.05) is 18.5 Å². The van der Waals surface area contributed by atoms with Crippen LogP contribution in [0.25, 0.3) is 10.9 Å². The maximum atomic E-state index is 13.0. The van der Waals surface area contributed by atoms with E-state index in [2.05, 4.69) is 15.3 Å². The molecule has 0 unspecified atom stereocenters. The van der Waals surface area contributed by atoms with Crippen molar-refractivity contribution in [3.63, 3.8) is 0 Å². The summed E-state index contributed by atoms with van der Waals surface area (Å²) < 4.78 is 13.0. The molecule has 0 bridgehead atoms. The van der Waals surface area contributed by atoms with E-state index in [0.717, 1.165) is 11.1 Å². The van der Waals surface area contributed by atoms with Gasteiger partial charge in [0.2, 0.25) is 5.91 Å². The quantitative estimate of drug-likeness (QED) is 0.663. The number of carboxylic acid groups (broad SMARTS) is 1. The molecule has 0 radical (unpaired) electrons. The van der Waals surface area contributed by atoms with Crippen LogP contribution in [-0.4, -0.2) is 32.1 Å². The molecule has 0 aliphatic carbocycles. The van der Waals surface area contributed by atoms with Crippen LogP contribution in [0.1, 0.15) is 28.5 Å². The van der Waals surface area contributed by atoms with Gasteiger partial charge >= 0.3 is 5.97 Å². The molecule has 0 aliphatic heterocycles. The van der Waals surface area contributed by atoms with Crippen LogP contribution in [0.15, 0.2) is 36.5 Å². The zero-order valence-corrected chi connectivity index (χ0v) is 13.7. The Hall–Kier alpha value is -3.55. The van der Waals surface area contributed by atoms with Crippen LogP contribution in [0.3, 0.4) is 0 Å². The molecule has 0 saturated carbocycles. The number of hydrogen-bond acceptors (Lipinski definition) is 5. The number of aromatic carboxylic acids is 1. The van der Waals surface area contributed by atoms with E-state index in [9.17, 15) is 19.1 Å². The molecule has 2 heterocycles. The van der Waals surface area contributed by atoms with E-state index >= 15 is 0 Å². The van der Waals surface area contributed by atoms with E-state index < -0.39 is 23.3 Å². The molecule has 3 aromatic rings. The van der Waals surface area contributed by atoms with E-state index in [-0.39, 0.29) is 17.2 Å². The largest absolute Gasteiger partial charge is 0.504 e. The van der Waals surface area contributed by atoms with Gasteiger partial charge in [-0.25, -0.2) is 14.2 Å². The van der Waals surface area contributed by atoms with Crippen molar-refractivity contribution in [1.82, 2.24) is 9.97 Å². The zero-order chi connectivity index (χ0) is 18.8. The molecule has 2 aromatic heterocycles. The highest BCUT2D eigenvalue weighted by Crippen LogP contribution is 2.31. The highest BCUT2D eigenvalue weighted by atomic mass is 19.1. The van der Waals surface area contributed by atoms with Crippen molar-refractivity contribution in [2.45, 2.75) is 13.3 Å². The van der Waals surface area contributed by atoms with Gasteiger partial charge in [-0.3, -0.25) is 9.78 Å². The van der Waals surface area contributed by atoms with Crippen LogP contribution in [0.4, 0.5) is 10.2 Å². The van der Waals surface area contributed by atoms with Gasteiger partial charge in [0.1, 0.15) is 17.2 Å². The topological polar surface area (TPSA) is 112 Å². The third kappa shape index (κ3) is 3.44. The van der Waals surface area contributed by atoms with Crippen LogP contribution < -0.4 is 5.32 Å². The molecule has 8 heteroatoms. The number of nitrogens with zero attached hydrogens (tertiary/aromatic N) is 2. The van der Waals surface area contributed by atoms with E-state index in [4.69, 9.17) is 5.11 Å². The van der Waals surface area contributed by atoms with Crippen molar-refractivity contribution in [2.75, 3.05) is 5.32 Å². The Morgan fingerprint density at radius 3 is 2.50 bits per heavy atom. The fraction of sp³-hybridized carbons (Fsp3) is 0.111. The predicted molar refractivity (Wildman–Crippen MR) is 91.7 cm³/mol. The average molecular weight is 355 g/mol. The Labute approximate surface area is 147 Å². The number of amides is 1. The van der Waals surface area contributed by atoms with Crippen molar-refractivity contribution in [3.05, 3.63) is 59.2 Å². The number of halogens is 1. The van der Waals surface area contributed by atoms with Gasteiger partial charge in [0.25, 0.3) is 0 Å². The fourth-order valence-corrected chi connectivity index (χ4v) is 2.56.